The van der Waals surface area contributed by atoms with Crippen LogP contribution in [0.15, 0.2) is 30.3 Å². The van der Waals surface area contributed by atoms with Gasteiger partial charge in [0.15, 0.2) is 5.69 Å². The summed E-state index contributed by atoms with van der Waals surface area (Å²) in [6, 6.07) is 8.85. The molecular weight excluding hydrogens is 331 g/mol. The highest BCUT2D eigenvalue weighted by Gasteiger charge is 2.35. The molecular formula is C18H20F3N3O. The van der Waals surface area contributed by atoms with Crippen LogP contribution in [-0.4, -0.2) is 27.1 Å². The second-order valence-electron chi connectivity index (χ2n) is 6.43. The monoisotopic (exact) mass is 351 g/mol. The fourth-order valence-corrected chi connectivity index (χ4v) is 3.38. The Morgan fingerprint density at radius 1 is 1.28 bits per heavy atom. The van der Waals surface area contributed by atoms with Gasteiger partial charge in [0.05, 0.1) is 6.04 Å². The molecule has 1 aromatic carbocycles. The first kappa shape index (κ1) is 17.5. The van der Waals surface area contributed by atoms with Gasteiger partial charge in [-0.25, -0.2) is 0 Å². The molecule has 1 atom stereocenters. The Labute approximate surface area is 144 Å². The Morgan fingerprint density at radius 2 is 2.00 bits per heavy atom. The van der Waals surface area contributed by atoms with Crippen molar-refractivity contribution >= 4 is 5.91 Å². The molecule has 134 valence electrons. The number of hydrogen-bond acceptors (Lipinski definition) is 2. The number of carbonyl (C=O) groups is 1. The van der Waals surface area contributed by atoms with Crippen LogP contribution in [0.1, 0.15) is 41.4 Å². The Hall–Kier alpha value is -2.31. The fourth-order valence-electron chi connectivity index (χ4n) is 3.38. The first-order chi connectivity index (χ1) is 11.8. The third kappa shape index (κ3) is 3.55. The number of amides is 1. The summed E-state index contributed by atoms with van der Waals surface area (Å²) in [6.07, 6.45) is -2.75. The average molecular weight is 351 g/mol. The van der Waals surface area contributed by atoms with Crippen molar-refractivity contribution in [1.29, 1.82) is 0 Å². The van der Waals surface area contributed by atoms with E-state index in [2.05, 4.69) is 5.10 Å². The van der Waals surface area contributed by atoms with Crippen LogP contribution in [0.25, 0.3) is 0 Å². The summed E-state index contributed by atoms with van der Waals surface area (Å²) < 4.78 is 39.5. The number of aromatic nitrogens is 2. The van der Waals surface area contributed by atoms with Crippen molar-refractivity contribution in [3.05, 3.63) is 52.8 Å². The molecule has 1 aromatic heterocycles. The Kier molecular flexibility index (Phi) is 4.58. The molecule has 1 unspecified atom stereocenters. The van der Waals surface area contributed by atoms with Crippen LogP contribution < -0.4 is 0 Å². The van der Waals surface area contributed by atoms with Crippen LogP contribution in [0.4, 0.5) is 13.2 Å². The van der Waals surface area contributed by atoms with E-state index in [1.54, 1.807) is 4.90 Å². The number of aryl methyl sites for hydroxylation is 2. The number of hydrogen-bond donors (Lipinski definition) is 0. The van der Waals surface area contributed by atoms with Gasteiger partial charge in [-0.15, -0.1) is 0 Å². The van der Waals surface area contributed by atoms with Crippen LogP contribution in [0.2, 0.25) is 0 Å². The standard InChI is InChI=1S/C18H20F3N3O/c1-12-6-3-4-7-14(12)15-8-5-9-23(15)17(25)11-24-13(2)10-16(22-24)18(19,20)21/h3-4,6-7,10,15H,5,8-9,11H2,1-2H3. The molecule has 0 radical (unpaired) electrons. The first-order valence-corrected chi connectivity index (χ1v) is 8.24. The highest BCUT2D eigenvalue weighted by atomic mass is 19.4. The second-order valence-corrected chi connectivity index (χ2v) is 6.43. The summed E-state index contributed by atoms with van der Waals surface area (Å²) in [7, 11) is 0. The average Bonchev–Trinajstić information content (AvgIpc) is 3.15. The lowest BCUT2D eigenvalue weighted by molar-refractivity contribution is -0.142. The van der Waals surface area contributed by atoms with Gasteiger partial charge in [0.1, 0.15) is 6.54 Å². The first-order valence-electron chi connectivity index (χ1n) is 8.24. The number of rotatable bonds is 3. The molecule has 7 heteroatoms. The third-order valence-electron chi connectivity index (χ3n) is 4.68. The van der Waals surface area contributed by atoms with Crippen LogP contribution >= 0.6 is 0 Å². The predicted molar refractivity (Wildman–Crippen MR) is 86.8 cm³/mol. The van der Waals surface area contributed by atoms with E-state index < -0.39 is 11.9 Å². The number of likely N-dealkylation sites (tertiary alicyclic amines) is 1. The number of nitrogens with zero attached hydrogens (tertiary/aromatic N) is 3. The van der Waals surface area contributed by atoms with Crippen molar-refractivity contribution in [2.24, 2.45) is 0 Å². The van der Waals surface area contributed by atoms with Gasteiger partial charge in [-0.1, -0.05) is 24.3 Å². The molecule has 2 aromatic rings. The van der Waals surface area contributed by atoms with E-state index in [1.165, 1.54) is 6.92 Å². The molecule has 4 nitrogen and oxygen atoms in total. The summed E-state index contributed by atoms with van der Waals surface area (Å²) in [5.74, 6) is -0.203. The van der Waals surface area contributed by atoms with E-state index in [0.717, 1.165) is 34.7 Å². The maximum Gasteiger partial charge on any atom is 0.435 e. The zero-order valence-electron chi connectivity index (χ0n) is 14.2. The van der Waals surface area contributed by atoms with Gasteiger partial charge < -0.3 is 4.90 Å². The molecule has 1 saturated heterocycles. The Balaban J connectivity index is 1.79. The lowest BCUT2D eigenvalue weighted by Gasteiger charge is -2.26. The van der Waals surface area contributed by atoms with E-state index >= 15 is 0 Å². The van der Waals surface area contributed by atoms with Crippen molar-refractivity contribution in [2.75, 3.05) is 6.54 Å². The zero-order chi connectivity index (χ0) is 18.2. The normalized spacial score (nSPS) is 18.0. The summed E-state index contributed by atoms with van der Waals surface area (Å²) in [6.45, 7) is 3.97. The van der Waals surface area contributed by atoms with Gasteiger partial charge in [-0.2, -0.15) is 18.3 Å². The molecule has 0 bridgehead atoms. The molecule has 0 aliphatic carbocycles. The third-order valence-corrected chi connectivity index (χ3v) is 4.68. The Morgan fingerprint density at radius 3 is 2.64 bits per heavy atom. The molecule has 0 N–H and O–H groups in total. The summed E-state index contributed by atoms with van der Waals surface area (Å²) in [5, 5.41) is 3.55. The smallest absolute Gasteiger partial charge is 0.334 e. The van der Waals surface area contributed by atoms with Gasteiger partial charge in [0, 0.05) is 12.2 Å². The zero-order valence-corrected chi connectivity index (χ0v) is 14.2. The minimum absolute atomic E-state index is 0.0216. The maximum atomic E-state index is 12.8. The van der Waals surface area contributed by atoms with Crippen molar-refractivity contribution < 1.29 is 18.0 Å². The molecule has 2 heterocycles. The summed E-state index contributed by atoms with van der Waals surface area (Å²) in [5.41, 5.74) is 1.57. The minimum Gasteiger partial charge on any atom is -0.334 e. The minimum atomic E-state index is -4.50. The highest BCUT2D eigenvalue weighted by Crippen LogP contribution is 2.34. The number of alkyl halides is 3. The molecule has 0 spiro atoms. The Bertz CT molecular complexity index is 782. The van der Waals surface area contributed by atoms with Gasteiger partial charge in [-0.3, -0.25) is 9.48 Å². The summed E-state index contributed by atoms with van der Waals surface area (Å²) >= 11 is 0. The van der Waals surface area contributed by atoms with Crippen molar-refractivity contribution in [1.82, 2.24) is 14.7 Å². The van der Waals surface area contributed by atoms with E-state index in [-0.39, 0.29) is 18.5 Å². The van der Waals surface area contributed by atoms with Crippen LogP contribution in [0, 0.1) is 13.8 Å². The van der Waals surface area contributed by atoms with Crippen LogP contribution in [-0.2, 0) is 17.5 Å². The topological polar surface area (TPSA) is 38.1 Å². The maximum absolute atomic E-state index is 12.8. The lowest BCUT2D eigenvalue weighted by Crippen LogP contribution is -2.34. The molecule has 3 rings (SSSR count). The quantitative estimate of drug-likeness (QED) is 0.842. The SMILES string of the molecule is Cc1ccccc1C1CCCN1C(=O)Cn1nc(C(F)(F)F)cc1C. The van der Waals surface area contributed by atoms with Gasteiger partial charge in [0.2, 0.25) is 5.91 Å². The van der Waals surface area contributed by atoms with Gasteiger partial charge in [-0.05, 0) is 43.9 Å². The van der Waals surface area contributed by atoms with Crippen LogP contribution in [0.5, 0.6) is 0 Å². The molecule has 1 fully saturated rings. The van der Waals surface area contributed by atoms with Gasteiger partial charge >= 0.3 is 6.18 Å². The van der Waals surface area contributed by atoms with E-state index in [0.29, 0.717) is 12.2 Å². The highest BCUT2D eigenvalue weighted by molar-refractivity contribution is 5.77. The molecule has 1 aliphatic heterocycles. The number of halogens is 3. The van der Waals surface area contributed by atoms with Crippen molar-refractivity contribution in [3.8, 4) is 0 Å². The van der Waals surface area contributed by atoms with Crippen molar-refractivity contribution in [2.45, 2.75) is 45.5 Å². The molecule has 1 amide bonds. The summed E-state index contributed by atoms with van der Waals surface area (Å²) in [4.78, 5) is 14.5. The van der Waals surface area contributed by atoms with E-state index in [9.17, 15) is 18.0 Å². The largest absolute Gasteiger partial charge is 0.435 e. The second kappa shape index (κ2) is 6.54. The molecule has 25 heavy (non-hydrogen) atoms. The fraction of sp³-hybridized carbons (Fsp3) is 0.444. The predicted octanol–water partition coefficient (Wildman–Crippen LogP) is 3.88. The molecule has 1 aliphatic rings. The van der Waals surface area contributed by atoms with E-state index in [4.69, 9.17) is 0 Å². The van der Waals surface area contributed by atoms with Crippen LogP contribution in [0.3, 0.4) is 0 Å². The molecule has 0 saturated carbocycles. The number of benzene rings is 1. The lowest BCUT2D eigenvalue weighted by atomic mass is 9.99. The number of carbonyl (C=O) groups excluding carboxylic acids is 1. The van der Waals surface area contributed by atoms with Crippen molar-refractivity contribution in [3.63, 3.8) is 0 Å². The van der Waals surface area contributed by atoms with E-state index in [1.807, 2.05) is 31.2 Å². The van der Waals surface area contributed by atoms with Gasteiger partial charge in [0.25, 0.3) is 0 Å².